The maximum Gasteiger partial charge on any atom is 0.179 e. The Morgan fingerprint density at radius 1 is 1.71 bits per heavy atom. The van der Waals surface area contributed by atoms with E-state index < -0.39 is 0 Å². The smallest absolute Gasteiger partial charge is 0.179 e. The predicted octanol–water partition coefficient (Wildman–Crippen LogP) is 1.07. The van der Waals surface area contributed by atoms with Crippen LogP contribution in [-0.4, -0.2) is 19.6 Å². The molecule has 0 fully saturated rings. The van der Waals surface area contributed by atoms with Crippen LogP contribution in [0.1, 0.15) is 13.8 Å². The highest BCUT2D eigenvalue weighted by atomic mass is 16.5. The molecule has 0 unspecified atom stereocenters. The summed E-state index contributed by atoms with van der Waals surface area (Å²) in [6.45, 7) is 4.62. The van der Waals surface area contributed by atoms with Crippen molar-refractivity contribution in [1.29, 1.82) is 0 Å². The zero-order valence-electron chi connectivity index (χ0n) is 5.06. The molecule has 7 heavy (non-hydrogen) atoms. The summed E-state index contributed by atoms with van der Waals surface area (Å²) in [4.78, 5) is 3.94. The monoisotopic (exact) mass is 101 g/mol. The molecule has 42 valence electrons. The largest absolute Gasteiger partial charge is 0.484 e. The molecule has 0 amide bonds. The van der Waals surface area contributed by atoms with Gasteiger partial charge in [0.15, 0.2) is 5.90 Å². The fraction of sp³-hybridized carbons (Fsp3) is 0.800. The van der Waals surface area contributed by atoms with Crippen molar-refractivity contribution in [3.63, 3.8) is 0 Å². The van der Waals surface area contributed by atoms with Crippen LogP contribution >= 0.6 is 0 Å². The lowest BCUT2D eigenvalue weighted by molar-refractivity contribution is 0.398. The molecule has 0 aliphatic rings. The maximum absolute atomic E-state index is 4.74. The van der Waals surface area contributed by atoms with Crippen LogP contribution < -0.4 is 0 Å². The predicted molar refractivity (Wildman–Crippen MR) is 30.7 cm³/mol. The van der Waals surface area contributed by atoms with Crippen molar-refractivity contribution in [2.45, 2.75) is 13.8 Å². The van der Waals surface area contributed by atoms with E-state index in [1.54, 1.807) is 7.11 Å². The summed E-state index contributed by atoms with van der Waals surface area (Å²) in [5, 5.41) is 0. The number of ether oxygens (including phenoxy) is 1. The number of hydrogen-bond donors (Lipinski definition) is 0. The van der Waals surface area contributed by atoms with Gasteiger partial charge >= 0.3 is 0 Å². The molecule has 0 rings (SSSR count). The van der Waals surface area contributed by atoms with E-state index in [1.165, 1.54) is 0 Å². The second kappa shape index (κ2) is 3.65. The minimum Gasteiger partial charge on any atom is -0.484 e. The third kappa shape index (κ3) is 3.30. The van der Waals surface area contributed by atoms with Crippen LogP contribution in [0, 0.1) is 0 Å². The van der Waals surface area contributed by atoms with E-state index >= 15 is 0 Å². The van der Waals surface area contributed by atoms with Crippen LogP contribution in [0.2, 0.25) is 0 Å². The average Bonchev–Trinajstić information content (AvgIpc) is 1.68. The third-order valence-electron chi connectivity index (χ3n) is 0.676. The highest BCUT2D eigenvalue weighted by Crippen LogP contribution is 1.75. The molecular weight excluding hydrogens is 90.1 g/mol. The minimum atomic E-state index is 0.752. The molecule has 0 aromatic heterocycles. The Bertz CT molecular complexity index is 68.5. The number of rotatable bonds is 1. The second-order valence-electron chi connectivity index (χ2n) is 1.20. The summed E-state index contributed by atoms with van der Waals surface area (Å²) in [5.74, 6) is 0.752. The SMILES string of the molecule is CC/N=C(\C)OC. The summed E-state index contributed by atoms with van der Waals surface area (Å²) in [7, 11) is 1.62. The van der Waals surface area contributed by atoms with Crippen LogP contribution in [0.5, 0.6) is 0 Å². The molecule has 0 radical (unpaired) electrons. The van der Waals surface area contributed by atoms with E-state index in [4.69, 9.17) is 4.74 Å². The normalized spacial score (nSPS) is 11.6. The number of hydrogen-bond acceptors (Lipinski definition) is 2. The Morgan fingerprint density at radius 2 is 2.29 bits per heavy atom. The molecular formula is C5H11NO. The standard InChI is InChI=1S/C5H11NO/c1-4-6-5(2)7-3/h4H2,1-3H3/b6-5+. The van der Waals surface area contributed by atoms with E-state index in [1.807, 2.05) is 13.8 Å². The van der Waals surface area contributed by atoms with Gasteiger partial charge in [0.1, 0.15) is 0 Å². The summed E-state index contributed by atoms with van der Waals surface area (Å²) in [6.07, 6.45) is 0. The number of methoxy groups -OCH3 is 1. The van der Waals surface area contributed by atoms with Crippen molar-refractivity contribution in [2.24, 2.45) is 4.99 Å². The van der Waals surface area contributed by atoms with Gasteiger partial charge in [0.2, 0.25) is 0 Å². The van der Waals surface area contributed by atoms with Gasteiger partial charge < -0.3 is 4.74 Å². The van der Waals surface area contributed by atoms with Gasteiger partial charge in [-0.25, -0.2) is 0 Å². The number of nitrogens with zero attached hydrogens (tertiary/aromatic N) is 1. The van der Waals surface area contributed by atoms with E-state index in [0.717, 1.165) is 12.4 Å². The molecule has 0 saturated heterocycles. The molecule has 0 spiro atoms. The molecule has 0 heterocycles. The first-order valence-corrected chi connectivity index (χ1v) is 2.36. The molecule has 0 saturated carbocycles. The van der Waals surface area contributed by atoms with Crippen molar-refractivity contribution in [1.82, 2.24) is 0 Å². The molecule has 0 aromatic rings. The van der Waals surface area contributed by atoms with Gasteiger partial charge in [0.05, 0.1) is 7.11 Å². The third-order valence-corrected chi connectivity index (χ3v) is 0.676. The van der Waals surface area contributed by atoms with Crippen LogP contribution in [0.15, 0.2) is 4.99 Å². The molecule has 2 nitrogen and oxygen atoms in total. The first kappa shape index (κ1) is 6.47. The summed E-state index contributed by atoms with van der Waals surface area (Å²) < 4.78 is 4.74. The lowest BCUT2D eigenvalue weighted by atomic mass is 10.7. The first-order valence-electron chi connectivity index (χ1n) is 2.36. The van der Waals surface area contributed by atoms with Crippen LogP contribution in [0.25, 0.3) is 0 Å². The fourth-order valence-corrected chi connectivity index (χ4v) is 0.287. The van der Waals surface area contributed by atoms with Gasteiger partial charge in [0.25, 0.3) is 0 Å². The zero-order valence-corrected chi connectivity index (χ0v) is 5.06. The molecule has 0 aromatic carbocycles. The average molecular weight is 101 g/mol. The summed E-state index contributed by atoms with van der Waals surface area (Å²) in [6, 6.07) is 0. The maximum atomic E-state index is 4.74. The van der Waals surface area contributed by atoms with Crippen molar-refractivity contribution in [3.05, 3.63) is 0 Å². The van der Waals surface area contributed by atoms with Gasteiger partial charge in [-0.1, -0.05) is 0 Å². The van der Waals surface area contributed by atoms with Gasteiger partial charge in [0, 0.05) is 13.5 Å². The van der Waals surface area contributed by atoms with Gasteiger partial charge in [-0.05, 0) is 6.92 Å². The Balaban J connectivity index is 3.29. The van der Waals surface area contributed by atoms with Crippen LogP contribution in [-0.2, 0) is 4.74 Å². The van der Waals surface area contributed by atoms with E-state index in [0.29, 0.717) is 0 Å². The molecule has 0 aliphatic heterocycles. The van der Waals surface area contributed by atoms with Crippen molar-refractivity contribution >= 4 is 5.90 Å². The summed E-state index contributed by atoms with van der Waals surface area (Å²) >= 11 is 0. The minimum absolute atomic E-state index is 0.752. The fourth-order valence-electron chi connectivity index (χ4n) is 0.287. The quantitative estimate of drug-likeness (QED) is 0.357. The zero-order chi connectivity index (χ0) is 5.70. The molecule has 0 bridgehead atoms. The van der Waals surface area contributed by atoms with Gasteiger partial charge in [-0.2, -0.15) is 0 Å². The lowest BCUT2D eigenvalue weighted by Crippen LogP contribution is -1.93. The summed E-state index contributed by atoms with van der Waals surface area (Å²) in [5.41, 5.74) is 0. The first-order chi connectivity index (χ1) is 3.31. The lowest BCUT2D eigenvalue weighted by Gasteiger charge is -1.92. The van der Waals surface area contributed by atoms with Gasteiger partial charge in [-0.3, -0.25) is 4.99 Å². The van der Waals surface area contributed by atoms with E-state index in [2.05, 4.69) is 4.99 Å². The molecule has 0 N–H and O–H groups in total. The molecule has 0 atom stereocenters. The molecule has 2 heteroatoms. The van der Waals surface area contributed by atoms with Crippen molar-refractivity contribution in [3.8, 4) is 0 Å². The Labute approximate surface area is 44.2 Å². The van der Waals surface area contributed by atoms with Crippen LogP contribution in [0.4, 0.5) is 0 Å². The van der Waals surface area contributed by atoms with E-state index in [-0.39, 0.29) is 0 Å². The van der Waals surface area contributed by atoms with Gasteiger partial charge in [-0.15, -0.1) is 0 Å². The topological polar surface area (TPSA) is 21.6 Å². The Morgan fingerprint density at radius 3 is 2.43 bits per heavy atom. The highest BCUT2D eigenvalue weighted by molar-refractivity contribution is 5.72. The van der Waals surface area contributed by atoms with Crippen molar-refractivity contribution < 1.29 is 4.74 Å². The second-order valence-corrected chi connectivity index (χ2v) is 1.20. The van der Waals surface area contributed by atoms with Crippen LogP contribution in [0.3, 0.4) is 0 Å². The highest BCUT2D eigenvalue weighted by Gasteiger charge is 1.77. The van der Waals surface area contributed by atoms with Crippen molar-refractivity contribution in [2.75, 3.05) is 13.7 Å². The molecule has 0 aliphatic carbocycles. The Kier molecular flexibility index (Phi) is 3.38. The van der Waals surface area contributed by atoms with E-state index in [9.17, 15) is 0 Å². The number of aliphatic imine (C=N–C) groups is 1. The Hall–Kier alpha value is -0.530.